The van der Waals surface area contributed by atoms with E-state index in [0.29, 0.717) is 12.2 Å². The maximum absolute atomic E-state index is 13.2. The van der Waals surface area contributed by atoms with Crippen LogP contribution in [-0.4, -0.2) is 41.7 Å². The number of fused-ring (bicyclic) bond motifs is 1. The molecule has 2 saturated heterocycles. The van der Waals surface area contributed by atoms with Crippen molar-refractivity contribution in [1.82, 2.24) is 9.88 Å². The number of thiazole rings is 1. The fourth-order valence-electron chi connectivity index (χ4n) is 4.12. The Kier molecular flexibility index (Phi) is 5.21. The molecule has 5 nitrogen and oxygen atoms in total. The van der Waals surface area contributed by atoms with Crippen molar-refractivity contribution < 1.29 is 14.3 Å². The predicted molar refractivity (Wildman–Crippen MR) is 114 cm³/mol. The van der Waals surface area contributed by atoms with Crippen molar-refractivity contribution in [2.75, 3.05) is 19.8 Å². The number of hydrogen-bond acceptors (Lipinski definition) is 5. The minimum Gasteiger partial charge on any atom is -0.491 e. The summed E-state index contributed by atoms with van der Waals surface area (Å²) in [6, 6.07) is 15.7. The lowest BCUT2D eigenvalue weighted by Gasteiger charge is -2.23. The number of benzene rings is 2. The summed E-state index contributed by atoms with van der Waals surface area (Å²) in [4.78, 5) is 19.9. The standard InChI is InChI=1S/C23H24N2O3S/c26-23(16-9-11-17(12-10-16)28-15-18-5-4-14-27-18)25-13-3-7-20(25)22-24-19-6-1-2-8-21(19)29-22/h1-2,6,8-12,18,20H,3-5,7,13-15H2/t18-,20+/m0/s1. The van der Waals surface area contributed by atoms with Gasteiger partial charge >= 0.3 is 0 Å². The zero-order valence-corrected chi connectivity index (χ0v) is 17.1. The van der Waals surface area contributed by atoms with Gasteiger partial charge in [-0.05, 0) is 62.1 Å². The van der Waals surface area contributed by atoms with Crippen LogP contribution in [0.1, 0.15) is 47.1 Å². The number of aromatic nitrogens is 1. The molecule has 3 aromatic rings. The molecule has 6 heteroatoms. The summed E-state index contributed by atoms with van der Waals surface area (Å²) in [5.74, 6) is 0.846. The molecular weight excluding hydrogens is 384 g/mol. The van der Waals surface area contributed by atoms with Gasteiger partial charge in [-0.1, -0.05) is 12.1 Å². The van der Waals surface area contributed by atoms with E-state index in [2.05, 4.69) is 6.07 Å². The molecule has 0 aliphatic carbocycles. The van der Waals surface area contributed by atoms with E-state index < -0.39 is 0 Å². The maximum Gasteiger partial charge on any atom is 0.254 e. The Morgan fingerprint density at radius 3 is 2.79 bits per heavy atom. The zero-order chi connectivity index (χ0) is 19.6. The Balaban J connectivity index is 1.28. The fraction of sp³-hybridized carbons (Fsp3) is 0.391. The molecule has 5 rings (SSSR count). The van der Waals surface area contributed by atoms with Gasteiger partial charge < -0.3 is 14.4 Å². The van der Waals surface area contributed by atoms with Crippen molar-refractivity contribution in [3.05, 3.63) is 59.1 Å². The van der Waals surface area contributed by atoms with E-state index in [9.17, 15) is 4.79 Å². The van der Waals surface area contributed by atoms with Crippen molar-refractivity contribution in [3.8, 4) is 5.75 Å². The molecule has 0 spiro atoms. The molecule has 150 valence electrons. The van der Waals surface area contributed by atoms with E-state index >= 15 is 0 Å². The van der Waals surface area contributed by atoms with Gasteiger partial charge in [-0.2, -0.15) is 0 Å². The predicted octanol–water partition coefficient (Wildman–Crippen LogP) is 4.83. The highest BCUT2D eigenvalue weighted by Gasteiger charge is 2.32. The summed E-state index contributed by atoms with van der Waals surface area (Å²) in [5, 5.41) is 1.04. The number of amides is 1. The minimum atomic E-state index is 0.0651. The molecule has 0 bridgehead atoms. The minimum absolute atomic E-state index is 0.0651. The lowest BCUT2D eigenvalue weighted by Crippen LogP contribution is -2.30. The average molecular weight is 409 g/mol. The fourth-order valence-corrected chi connectivity index (χ4v) is 5.24. The Bertz CT molecular complexity index is 962. The van der Waals surface area contributed by atoms with Crippen LogP contribution in [0.15, 0.2) is 48.5 Å². The monoisotopic (exact) mass is 408 g/mol. The van der Waals surface area contributed by atoms with E-state index in [1.165, 1.54) is 4.70 Å². The van der Waals surface area contributed by atoms with Crippen molar-refractivity contribution in [3.63, 3.8) is 0 Å². The molecule has 2 aliphatic heterocycles. The smallest absolute Gasteiger partial charge is 0.254 e. The van der Waals surface area contributed by atoms with Crippen LogP contribution in [0.4, 0.5) is 0 Å². The van der Waals surface area contributed by atoms with Gasteiger partial charge in [-0.3, -0.25) is 4.79 Å². The summed E-state index contributed by atoms with van der Waals surface area (Å²) in [5.41, 5.74) is 1.71. The molecule has 2 fully saturated rings. The summed E-state index contributed by atoms with van der Waals surface area (Å²) in [6.07, 6.45) is 4.32. The second-order valence-corrected chi connectivity index (χ2v) is 8.71. The third-order valence-corrected chi connectivity index (χ3v) is 6.81. The molecule has 2 atom stereocenters. The van der Waals surface area contributed by atoms with Gasteiger partial charge in [-0.15, -0.1) is 11.3 Å². The third kappa shape index (κ3) is 3.87. The van der Waals surface area contributed by atoms with Crippen molar-refractivity contribution >= 4 is 27.5 Å². The second-order valence-electron chi connectivity index (χ2n) is 7.65. The largest absolute Gasteiger partial charge is 0.491 e. The first-order chi connectivity index (χ1) is 14.3. The van der Waals surface area contributed by atoms with E-state index in [0.717, 1.165) is 55.1 Å². The first-order valence-corrected chi connectivity index (χ1v) is 11.1. The molecule has 3 heterocycles. The highest BCUT2D eigenvalue weighted by atomic mass is 32.1. The van der Waals surface area contributed by atoms with Gasteiger partial charge in [0.1, 0.15) is 17.4 Å². The van der Waals surface area contributed by atoms with Gasteiger partial charge in [-0.25, -0.2) is 4.98 Å². The van der Waals surface area contributed by atoms with E-state index in [1.807, 2.05) is 47.4 Å². The summed E-state index contributed by atoms with van der Waals surface area (Å²) >= 11 is 1.70. The van der Waals surface area contributed by atoms with Crippen molar-refractivity contribution in [1.29, 1.82) is 0 Å². The number of carbonyl (C=O) groups is 1. The first kappa shape index (κ1) is 18.6. The van der Waals surface area contributed by atoms with Crippen molar-refractivity contribution in [2.24, 2.45) is 0 Å². The number of rotatable bonds is 5. The Morgan fingerprint density at radius 1 is 1.14 bits per heavy atom. The van der Waals surface area contributed by atoms with Crippen LogP contribution in [0.2, 0.25) is 0 Å². The zero-order valence-electron chi connectivity index (χ0n) is 16.3. The molecule has 0 unspecified atom stereocenters. The quantitative estimate of drug-likeness (QED) is 0.607. The average Bonchev–Trinajstić information content (AvgIpc) is 3.52. The normalized spacial score (nSPS) is 21.7. The molecule has 1 amide bonds. The SMILES string of the molecule is O=C(c1ccc(OC[C@@H]2CCCO2)cc1)N1CCC[C@@H]1c1nc2ccccc2s1. The van der Waals surface area contributed by atoms with Gasteiger partial charge in [0.25, 0.3) is 5.91 Å². The molecule has 0 radical (unpaired) electrons. The van der Waals surface area contributed by atoms with E-state index in [1.54, 1.807) is 11.3 Å². The van der Waals surface area contributed by atoms with Crippen LogP contribution in [0.5, 0.6) is 5.75 Å². The number of para-hydroxylation sites is 1. The van der Waals surface area contributed by atoms with Crippen LogP contribution in [0.3, 0.4) is 0 Å². The van der Waals surface area contributed by atoms with Gasteiger partial charge in [0.05, 0.1) is 22.4 Å². The molecule has 1 aromatic heterocycles. The first-order valence-electron chi connectivity index (χ1n) is 10.3. The topological polar surface area (TPSA) is 51.7 Å². The Morgan fingerprint density at radius 2 is 2.00 bits per heavy atom. The van der Waals surface area contributed by atoms with Crippen LogP contribution in [0.25, 0.3) is 10.2 Å². The maximum atomic E-state index is 13.2. The molecule has 2 aliphatic rings. The lowest BCUT2D eigenvalue weighted by atomic mass is 10.1. The number of likely N-dealkylation sites (tertiary alicyclic amines) is 1. The van der Waals surface area contributed by atoms with Gasteiger partial charge in [0, 0.05) is 18.7 Å². The number of nitrogens with zero attached hydrogens (tertiary/aromatic N) is 2. The lowest BCUT2D eigenvalue weighted by molar-refractivity contribution is 0.0678. The van der Waals surface area contributed by atoms with E-state index in [4.69, 9.17) is 14.5 Å². The molecule has 0 saturated carbocycles. The van der Waals surface area contributed by atoms with Crippen LogP contribution < -0.4 is 4.74 Å². The van der Waals surface area contributed by atoms with Gasteiger partial charge in [0.15, 0.2) is 0 Å². The molecule has 0 N–H and O–H groups in total. The summed E-state index contributed by atoms with van der Waals surface area (Å²) in [6.45, 7) is 2.17. The third-order valence-electron chi connectivity index (χ3n) is 5.67. The summed E-state index contributed by atoms with van der Waals surface area (Å²) < 4.78 is 12.6. The molecule has 2 aromatic carbocycles. The van der Waals surface area contributed by atoms with Crippen molar-refractivity contribution in [2.45, 2.75) is 37.8 Å². The Labute approximate surface area is 174 Å². The molecule has 29 heavy (non-hydrogen) atoms. The summed E-state index contributed by atoms with van der Waals surface area (Å²) in [7, 11) is 0. The number of ether oxygens (including phenoxy) is 2. The number of hydrogen-bond donors (Lipinski definition) is 0. The highest BCUT2D eigenvalue weighted by Crippen LogP contribution is 2.37. The second kappa shape index (κ2) is 8.13. The van der Waals surface area contributed by atoms with E-state index in [-0.39, 0.29) is 18.1 Å². The van der Waals surface area contributed by atoms with Crippen LogP contribution in [0, 0.1) is 0 Å². The van der Waals surface area contributed by atoms with Crippen LogP contribution in [-0.2, 0) is 4.74 Å². The van der Waals surface area contributed by atoms with Crippen LogP contribution >= 0.6 is 11.3 Å². The van der Waals surface area contributed by atoms with Gasteiger partial charge in [0.2, 0.25) is 0 Å². The highest BCUT2D eigenvalue weighted by molar-refractivity contribution is 7.18. The number of carbonyl (C=O) groups excluding carboxylic acids is 1. The molecular formula is C23H24N2O3S. The Hall–Kier alpha value is -2.44.